The molecule has 8 heteroatoms. The first-order chi connectivity index (χ1) is 17.0. The first kappa shape index (κ1) is 23.4. The Hall–Kier alpha value is -3.39. The van der Waals surface area contributed by atoms with Crippen LogP contribution in [0.3, 0.4) is 0 Å². The van der Waals surface area contributed by atoms with Gasteiger partial charge in [-0.3, -0.25) is 9.59 Å². The third kappa shape index (κ3) is 5.03. The first-order valence-electron chi connectivity index (χ1n) is 12.2. The second-order valence-corrected chi connectivity index (χ2v) is 9.65. The number of rotatable bonds is 7. The van der Waals surface area contributed by atoms with Crippen molar-refractivity contribution < 1.29 is 29.0 Å². The molecule has 3 N–H and O–H groups in total. The predicted octanol–water partition coefficient (Wildman–Crippen LogP) is 3.30. The van der Waals surface area contributed by atoms with Crippen LogP contribution in [0.5, 0.6) is 0 Å². The Balaban J connectivity index is 1.06. The molecule has 2 amide bonds. The Labute approximate surface area is 204 Å². The SMILES string of the molecule is O=C(NCC1CC(C(=O)N[C@@H]2CC[C@H](C(=O)O)C2)CO1)OCC1c2ccccc2-c2ccccc21. The Morgan fingerprint density at radius 2 is 1.63 bits per heavy atom. The van der Waals surface area contributed by atoms with Crippen LogP contribution in [0.2, 0.25) is 0 Å². The maximum absolute atomic E-state index is 12.6. The minimum absolute atomic E-state index is 0.000249. The number of carbonyl (C=O) groups excluding carboxylic acids is 2. The van der Waals surface area contributed by atoms with Crippen LogP contribution < -0.4 is 10.6 Å². The molecule has 35 heavy (non-hydrogen) atoms. The number of amides is 2. The van der Waals surface area contributed by atoms with Crippen molar-refractivity contribution in [2.75, 3.05) is 19.8 Å². The molecule has 0 aromatic heterocycles. The summed E-state index contributed by atoms with van der Waals surface area (Å²) in [5.74, 6) is -1.59. The topological polar surface area (TPSA) is 114 Å². The summed E-state index contributed by atoms with van der Waals surface area (Å²) in [6, 6.07) is 16.3. The van der Waals surface area contributed by atoms with E-state index in [1.165, 1.54) is 11.1 Å². The quantitative estimate of drug-likeness (QED) is 0.563. The zero-order valence-electron chi connectivity index (χ0n) is 19.4. The standard InChI is InChI=1S/C27H30N2O6/c30-25(29-18-10-9-16(11-18)26(31)32)17-12-19(34-14-17)13-28-27(33)35-15-24-22-7-3-1-5-20(22)21-6-2-4-8-23(21)24/h1-8,16-19,24H,9-15H2,(H,28,33)(H,29,30)(H,31,32)/t16-,17?,18+,19?/m0/s1. The van der Waals surface area contributed by atoms with Crippen LogP contribution in [0.1, 0.15) is 42.7 Å². The van der Waals surface area contributed by atoms with Crippen molar-refractivity contribution in [2.45, 2.75) is 43.7 Å². The highest BCUT2D eigenvalue weighted by molar-refractivity contribution is 5.80. The number of hydrogen-bond acceptors (Lipinski definition) is 5. The molecule has 2 aliphatic carbocycles. The fourth-order valence-corrected chi connectivity index (χ4v) is 5.53. The molecule has 5 rings (SSSR count). The minimum atomic E-state index is -0.801. The molecule has 0 radical (unpaired) electrons. The van der Waals surface area contributed by atoms with Crippen LogP contribution in [-0.4, -0.2) is 55.0 Å². The molecule has 184 valence electrons. The number of benzene rings is 2. The molecule has 1 saturated carbocycles. The molecular weight excluding hydrogens is 448 g/mol. The van der Waals surface area contributed by atoms with Gasteiger partial charge in [-0.15, -0.1) is 0 Å². The first-order valence-corrected chi connectivity index (χ1v) is 12.2. The highest BCUT2D eigenvalue weighted by Crippen LogP contribution is 2.44. The summed E-state index contributed by atoms with van der Waals surface area (Å²) < 4.78 is 11.3. The van der Waals surface area contributed by atoms with Crippen molar-refractivity contribution in [3.63, 3.8) is 0 Å². The van der Waals surface area contributed by atoms with Gasteiger partial charge in [0.1, 0.15) is 6.61 Å². The Morgan fingerprint density at radius 3 is 2.29 bits per heavy atom. The smallest absolute Gasteiger partial charge is 0.407 e. The predicted molar refractivity (Wildman–Crippen MR) is 128 cm³/mol. The number of nitrogens with one attached hydrogen (secondary N) is 2. The van der Waals surface area contributed by atoms with E-state index in [2.05, 4.69) is 34.9 Å². The van der Waals surface area contributed by atoms with E-state index in [4.69, 9.17) is 14.6 Å². The molecule has 3 aliphatic rings. The van der Waals surface area contributed by atoms with Crippen LogP contribution >= 0.6 is 0 Å². The molecule has 4 atom stereocenters. The summed E-state index contributed by atoms with van der Waals surface area (Å²) in [5, 5.41) is 14.9. The Bertz CT molecular complexity index is 1070. The van der Waals surface area contributed by atoms with Crippen LogP contribution in [0.25, 0.3) is 11.1 Å². The van der Waals surface area contributed by atoms with E-state index >= 15 is 0 Å². The van der Waals surface area contributed by atoms with Crippen molar-refractivity contribution in [1.82, 2.24) is 10.6 Å². The fraction of sp³-hybridized carbons (Fsp3) is 0.444. The lowest BCUT2D eigenvalue weighted by Crippen LogP contribution is -2.38. The largest absolute Gasteiger partial charge is 0.481 e. The van der Waals surface area contributed by atoms with E-state index in [0.29, 0.717) is 25.7 Å². The number of carbonyl (C=O) groups is 3. The lowest BCUT2D eigenvalue weighted by Gasteiger charge is -2.16. The van der Waals surface area contributed by atoms with E-state index < -0.39 is 12.1 Å². The maximum atomic E-state index is 12.6. The molecule has 0 bridgehead atoms. The van der Waals surface area contributed by atoms with Crippen molar-refractivity contribution in [1.29, 1.82) is 0 Å². The van der Waals surface area contributed by atoms with Crippen molar-refractivity contribution in [3.8, 4) is 11.1 Å². The molecule has 1 saturated heterocycles. The van der Waals surface area contributed by atoms with Gasteiger partial charge < -0.3 is 25.2 Å². The number of hydrogen-bond donors (Lipinski definition) is 3. The van der Waals surface area contributed by atoms with Gasteiger partial charge in [0.2, 0.25) is 5.91 Å². The highest BCUT2D eigenvalue weighted by atomic mass is 16.5. The van der Waals surface area contributed by atoms with Crippen LogP contribution in [0.15, 0.2) is 48.5 Å². The fourth-order valence-electron chi connectivity index (χ4n) is 5.53. The summed E-state index contributed by atoms with van der Waals surface area (Å²) >= 11 is 0. The zero-order valence-corrected chi connectivity index (χ0v) is 19.4. The van der Waals surface area contributed by atoms with Gasteiger partial charge in [-0.25, -0.2) is 4.79 Å². The highest BCUT2D eigenvalue weighted by Gasteiger charge is 2.35. The Morgan fingerprint density at radius 1 is 0.943 bits per heavy atom. The van der Waals surface area contributed by atoms with Gasteiger partial charge in [0.15, 0.2) is 0 Å². The monoisotopic (exact) mass is 478 g/mol. The average Bonchev–Trinajstić information content (AvgIpc) is 3.59. The van der Waals surface area contributed by atoms with Crippen molar-refractivity contribution in [3.05, 3.63) is 59.7 Å². The number of carboxylic acid groups (broad SMARTS) is 1. The summed E-state index contributed by atoms with van der Waals surface area (Å²) in [6.07, 6.45) is 1.49. The van der Waals surface area contributed by atoms with E-state index in [1.807, 2.05) is 24.3 Å². The van der Waals surface area contributed by atoms with Crippen molar-refractivity contribution >= 4 is 18.0 Å². The number of ether oxygens (including phenoxy) is 2. The summed E-state index contributed by atoms with van der Waals surface area (Å²) in [6.45, 7) is 0.804. The molecule has 8 nitrogen and oxygen atoms in total. The van der Waals surface area contributed by atoms with E-state index in [9.17, 15) is 14.4 Å². The lowest BCUT2D eigenvalue weighted by molar-refractivity contribution is -0.141. The summed E-state index contributed by atoms with van der Waals surface area (Å²) in [7, 11) is 0. The molecule has 2 unspecified atom stereocenters. The van der Waals surface area contributed by atoms with Gasteiger partial charge in [0, 0.05) is 18.5 Å². The molecule has 1 aliphatic heterocycles. The number of alkyl carbamates (subject to hydrolysis) is 1. The summed E-state index contributed by atoms with van der Waals surface area (Å²) in [4.78, 5) is 36.1. The number of aliphatic carboxylic acids is 1. The molecule has 1 heterocycles. The van der Waals surface area contributed by atoms with Crippen LogP contribution in [0, 0.1) is 11.8 Å². The zero-order chi connectivity index (χ0) is 24.4. The Kier molecular flexibility index (Phi) is 6.72. The third-order valence-electron chi connectivity index (χ3n) is 7.40. The number of fused-ring (bicyclic) bond motifs is 3. The van der Waals surface area contributed by atoms with Crippen LogP contribution in [0.4, 0.5) is 4.79 Å². The minimum Gasteiger partial charge on any atom is -0.481 e. The van der Waals surface area contributed by atoms with Gasteiger partial charge in [0.25, 0.3) is 0 Å². The van der Waals surface area contributed by atoms with Gasteiger partial charge in [-0.1, -0.05) is 48.5 Å². The maximum Gasteiger partial charge on any atom is 0.407 e. The van der Waals surface area contributed by atoms with Crippen molar-refractivity contribution in [2.24, 2.45) is 11.8 Å². The van der Waals surface area contributed by atoms with Gasteiger partial charge in [-0.05, 0) is 47.9 Å². The van der Waals surface area contributed by atoms with Gasteiger partial charge >= 0.3 is 12.1 Å². The van der Waals surface area contributed by atoms with E-state index in [0.717, 1.165) is 11.1 Å². The molecule has 2 aromatic carbocycles. The molecular formula is C27H30N2O6. The normalized spacial score (nSPS) is 25.0. The molecule has 2 aromatic rings. The summed E-state index contributed by atoms with van der Waals surface area (Å²) in [5.41, 5.74) is 4.67. The lowest BCUT2D eigenvalue weighted by atomic mass is 9.98. The third-order valence-corrected chi connectivity index (χ3v) is 7.40. The van der Waals surface area contributed by atoms with E-state index in [-0.39, 0.29) is 55.6 Å². The van der Waals surface area contributed by atoms with E-state index in [1.54, 1.807) is 0 Å². The average molecular weight is 479 g/mol. The molecule has 0 spiro atoms. The second kappa shape index (κ2) is 10.1. The van der Waals surface area contributed by atoms with Gasteiger partial charge in [0.05, 0.1) is 24.5 Å². The second-order valence-electron chi connectivity index (χ2n) is 9.65. The number of carboxylic acids is 1. The molecule has 2 fully saturated rings. The van der Waals surface area contributed by atoms with Gasteiger partial charge in [-0.2, -0.15) is 0 Å². The van der Waals surface area contributed by atoms with Crippen LogP contribution in [-0.2, 0) is 19.1 Å².